The zero-order valence-electron chi connectivity index (χ0n) is 17.6. The molecule has 33 heavy (non-hydrogen) atoms. The van der Waals surface area contributed by atoms with Crippen LogP contribution in [0.5, 0.6) is 0 Å². The minimum atomic E-state index is -0.483. The van der Waals surface area contributed by atoms with Gasteiger partial charge in [0, 0.05) is 28.9 Å². The summed E-state index contributed by atoms with van der Waals surface area (Å²) in [7, 11) is 0. The van der Waals surface area contributed by atoms with Gasteiger partial charge in [-0.25, -0.2) is 9.47 Å². The summed E-state index contributed by atoms with van der Waals surface area (Å²) in [5.74, 6) is 5.78. The maximum absolute atomic E-state index is 12.7. The molecule has 0 bridgehead atoms. The Bertz CT molecular complexity index is 1260. The molecule has 0 aliphatic heterocycles. The van der Waals surface area contributed by atoms with Crippen molar-refractivity contribution in [3.8, 4) is 22.5 Å². The molecule has 168 valence electrons. The first-order valence-corrected chi connectivity index (χ1v) is 11.8. The number of thioether (sulfide) groups is 1. The number of carbonyl (C=O) groups excluding carboxylic acids is 2. The number of anilines is 1. The van der Waals surface area contributed by atoms with Gasteiger partial charge in [0.25, 0.3) is 0 Å². The minimum absolute atomic E-state index is 0.0310. The molecule has 0 atom stereocenters. The monoisotopic (exact) mass is 480 g/mol. The molecule has 11 heteroatoms. The Morgan fingerprint density at radius 3 is 2.67 bits per heavy atom. The second-order valence-corrected chi connectivity index (χ2v) is 8.52. The molecule has 0 radical (unpaired) electrons. The second-order valence-electron chi connectivity index (χ2n) is 6.69. The van der Waals surface area contributed by atoms with Crippen molar-refractivity contribution in [3.63, 3.8) is 0 Å². The van der Waals surface area contributed by atoms with E-state index in [0.717, 1.165) is 22.9 Å². The fraction of sp³-hybridized carbons (Fsp3) is 0.136. The molecule has 0 aliphatic carbocycles. The van der Waals surface area contributed by atoms with E-state index in [2.05, 4.69) is 20.5 Å². The van der Waals surface area contributed by atoms with E-state index in [9.17, 15) is 9.59 Å². The molecule has 3 N–H and O–H groups in total. The molecule has 3 heterocycles. The lowest BCUT2D eigenvalue weighted by molar-refractivity contribution is -0.113. The van der Waals surface area contributed by atoms with Gasteiger partial charge in [-0.2, -0.15) is 0 Å². The van der Waals surface area contributed by atoms with Crippen LogP contribution in [0.4, 0.5) is 5.00 Å². The highest BCUT2D eigenvalue weighted by Gasteiger charge is 2.23. The third-order valence-electron chi connectivity index (χ3n) is 4.52. The van der Waals surface area contributed by atoms with Gasteiger partial charge in [-0.3, -0.25) is 9.78 Å². The average molecular weight is 481 g/mol. The Hall–Kier alpha value is -3.70. The molecular weight excluding hydrogens is 460 g/mol. The highest BCUT2D eigenvalue weighted by Crippen LogP contribution is 2.36. The van der Waals surface area contributed by atoms with Crippen LogP contribution in [-0.2, 0) is 9.53 Å². The summed E-state index contributed by atoms with van der Waals surface area (Å²) in [4.78, 5) is 29.4. The molecule has 0 unspecified atom stereocenters. The average Bonchev–Trinajstić information content (AvgIpc) is 3.42. The predicted molar refractivity (Wildman–Crippen MR) is 128 cm³/mol. The summed E-state index contributed by atoms with van der Waals surface area (Å²) >= 11 is 2.41. The molecule has 1 aromatic carbocycles. The van der Waals surface area contributed by atoms with Crippen molar-refractivity contribution in [2.24, 2.45) is 0 Å². The van der Waals surface area contributed by atoms with Crippen LogP contribution >= 0.6 is 23.1 Å². The zero-order chi connectivity index (χ0) is 23.2. The summed E-state index contributed by atoms with van der Waals surface area (Å²) in [6, 6.07) is 13.1. The molecular formula is C22H20N6O3S2. The number of amides is 1. The van der Waals surface area contributed by atoms with E-state index in [1.54, 1.807) is 25.4 Å². The van der Waals surface area contributed by atoms with Gasteiger partial charge in [0.1, 0.15) is 10.6 Å². The normalized spacial score (nSPS) is 10.7. The Morgan fingerprint density at radius 1 is 1.15 bits per heavy atom. The topological polar surface area (TPSA) is 125 Å². The van der Waals surface area contributed by atoms with Crippen LogP contribution in [0.3, 0.4) is 0 Å². The van der Waals surface area contributed by atoms with Crippen LogP contribution in [0.15, 0.2) is 65.4 Å². The fourth-order valence-corrected chi connectivity index (χ4v) is 4.68. The molecule has 4 aromatic rings. The largest absolute Gasteiger partial charge is 0.462 e. The first-order valence-electron chi connectivity index (χ1n) is 9.96. The lowest BCUT2D eigenvalue weighted by atomic mass is 10.0. The number of benzene rings is 1. The number of nitrogen functional groups attached to an aromatic ring is 1. The van der Waals surface area contributed by atoms with Crippen molar-refractivity contribution < 1.29 is 14.3 Å². The number of nitrogens with two attached hydrogens (primary N) is 1. The van der Waals surface area contributed by atoms with Crippen molar-refractivity contribution >= 4 is 40.0 Å². The van der Waals surface area contributed by atoms with E-state index in [1.165, 1.54) is 16.0 Å². The smallest absolute Gasteiger partial charge is 0.341 e. The Kier molecular flexibility index (Phi) is 7.01. The van der Waals surface area contributed by atoms with Gasteiger partial charge in [-0.05, 0) is 24.6 Å². The minimum Gasteiger partial charge on any atom is -0.462 e. The van der Waals surface area contributed by atoms with Crippen LogP contribution in [0, 0.1) is 0 Å². The van der Waals surface area contributed by atoms with E-state index < -0.39 is 5.97 Å². The van der Waals surface area contributed by atoms with Crippen molar-refractivity contribution in [3.05, 3.63) is 65.8 Å². The Morgan fingerprint density at radius 2 is 1.94 bits per heavy atom. The number of nitrogens with zero attached hydrogens (tertiary/aromatic N) is 4. The maximum atomic E-state index is 12.7. The van der Waals surface area contributed by atoms with E-state index in [4.69, 9.17) is 10.6 Å². The van der Waals surface area contributed by atoms with Crippen LogP contribution in [0.2, 0.25) is 0 Å². The lowest BCUT2D eigenvalue weighted by Gasteiger charge is -2.09. The second kappa shape index (κ2) is 10.3. The van der Waals surface area contributed by atoms with Gasteiger partial charge in [-0.15, -0.1) is 21.5 Å². The SMILES string of the molecule is CCOC(=O)c1c(-c2ccccc2)csc1NC(=O)CSc1nnc(-c2cccnc2)n1N. The highest BCUT2D eigenvalue weighted by atomic mass is 32.2. The van der Waals surface area contributed by atoms with Gasteiger partial charge in [0.05, 0.1) is 12.4 Å². The molecule has 0 saturated heterocycles. The van der Waals surface area contributed by atoms with E-state index in [1.807, 2.05) is 41.8 Å². The molecule has 0 fully saturated rings. The number of thiophene rings is 1. The summed E-state index contributed by atoms with van der Waals surface area (Å²) in [5.41, 5.74) is 2.64. The number of ether oxygens (including phenoxy) is 1. The number of carbonyl (C=O) groups is 2. The lowest BCUT2D eigenvalue weighted by Crippen LogP contribution is -2.17. The number of hydrogen-bond acceptors (Lipinski definition) is 9. The first-order chi connectivity index (χ1) is 16.1. The van der Waals surface area contributed by atoms with E-state index >= 15 is 0 Å². The molecule has 1 amide bonds. The van der Waals surface area contributed by atoms with Gasteiger partial charge in [0.15, 0.2) is 5.82 Å². The molecule has 0 saturated carbocycles. The number of hydrogen-bond donors (Lipinski definition) is 2. The van der Waals surface area contributed by atoms with Gasteiger partial charge < -0.3 is 15.9 Å². The quantitative estimate of drug-likeness (QED) is 0.222. The molecule has 9 nitrogen and oxygen atoms in total. The van der Waals surface area contributed by atoms with Crippen molar-refractivity contribution in [2.45, 2.75) is 12.1 Å². The number of esters is 1. The Balaban J connectivity index is 1.49. The predicted octanol–water partition coefficient (Wildman–Crippen LogP) is 3.69. The summed E-state index contributed by atoms with van der Waals surface area (Å²) in [6.45, 7) is 1.97. The maximum Gasteiger partial charge on any atom is 0.341 e. The van der Waals surface area contributed by atoms with Gasteiger partial charge in [0.2, 0.25) is 11.1 Å². The molecule has 4 rings (SSSR count). The van der Waals surface area contributed by atoms with Crippen LogP contribution < -0.4 is 11.2 Å². The summed E-state index contributed by atoms with van der Waals surface area (Å²) in [5, 5.41) is 13.6. The highest BCUT2D eigenvalue weighted by molar-refractivity contribution is 7.99. The number of rotatable bonds is 8. The third-order valence-corrected chi connectivity index (χ3v) is 6.36. The number of nitrogens with one attached hydrogen (secondary N) is 1. The Labute approximate surface area is 198 Å². The van der Waals surface area contributed by atoms with Gasteiger partial charge >= 0.3 is 5.97 Å². The number of aromatic nitrogens is 4. The standard InChI is InChI=1S/C22H20N6O3S2/c1-2-31-21(30)18-16(14-7-4-3-5-8-14)12-32-20(18)25-17(29)13-33-22-27-26-19(28(22)23)15-9-6-10-24-11-15/h3-12H,2,13,23H2,1H3,(H,25,29). The summed E-state index contributed by atoms with van der Waals surface area (Å²) in [6.07, 6.45) is 3.28. The molecule has 3 aromatic heterocycles. The van der Waals surface area contributed by atoms with Crippen LogP contribution in [0.1, 0.15) is 17.3 Å². The van der Waals surface area contributed by atoms with Crippen molar-refractivity contribution in [1.82, 2.24) is 19.9 Å². The molecule has 0 aliphatic rings. The number of pyridine rings is 1. The summed E-state index contributed by atoms with van der Waals surface area (Å²) < 4.78 is 6.55. The first kappa shape index (κ1) is 22.5. The van der Waals surface area contributed by atoms with Gasteiger partial charge in [-0.1, -0.05) is 42.1 Å². The fourth-order valence-electron chi connectivity index (χ4n) is 3.05. The third kappa shape index (κ3) is 5.04. The molecule has 0 spiro atoms. The van der Waals surface area contributed by atoms with E-state index in [0.29, 0.717) is 27.1 Å². The zero-order valence-corrected chi connectivity index (χ0v) is 19.2. The van der Waals surface area contributed by atoms with E-state index in [-0.39, 0.29) is 18.3 Å². The van der Waals surface area contributed by atoms with Crippen molar-refractivity contribution in [1.29, 1.82) is 0 Å². The van der Waals surface area contributed by atoms with Crippen LogP contribution in [0.25, 0.3) is 22.5 Å². The van der Waals surface area contributed by atoms with Crippen molar-refractivity contribution in [2.75, 3.05) is 23.5 Å². The van der Waals surface area contributed by atoms with Crippen LogP contribution in [-0.4, -0.2) is 44.1 Å².